The van der Waals surface area contributed by atoms with E-state index in [4.69, 9.17) is 0 Å². The number of fused-ring (bicyclic) bond motifs is 3. The van der Waals surface area contributed by atoms with Gasteiger partial charge >= 0.3 is 5.97 Å². The highest BCUT2D eigenvalue weighted by atomic mass is 19.1. The lowest BCUT2D eigenvalue weighted by Gasteiger charge is -2.23. The van der Waals surface area contributed by atoms with Crippen LogP contribution in [0.1, 0.15) is 22.6 Å². The van der Waals surface area contributed by atoms with Crippen molar-refractivity contribution >= 4 is 35.8 Å². The molecule has 146 valence electrons. The Hall–Kier alpha value is -3.81. The fourth-order valence-electron chi connectivity index (χ4n) is 3.83. The number of rotatable bonds is 6. The maximum absolute atomic E-state index is 14.3. The van der Waals surface area contributed by atoms with E-state index in [2.05, 4.69) is 10.3 Å². The van der Waals surface area contributed by atoms with Gasteiger partial charge in [0.25, 0.3) is 0 Å². The van der Waals surface area contributed by atoms with Crippen molar-refractivity contribution in [2.45, 2.75) is 18.9 Å². The van der Waals surface area contributed by atoms with Gasteiger partial charge in [0.1, 0.15) is 5.82 Å². The number of anilines is 2. The summed E-state index contributed by atoms with van der Waals surface area (Å²) in [6.45, 7) is 0.156. The normalized spacial score (nSPS) is 16.9. The molecule has 2 aromatic rings. The molecule has 0 saturated carbocycles. The zero-order chi connectivity index (χ0) is 20.5. The fourth-order valence-corrected chi connectivity index (χ4v) is 3.83. The van der Waals surface area contributed by atoms with Gasteiger partial charge in [0.15, 0.2) is 5.78 Å². The number of carboxylic acid groups (broad SMARTS) is 1. The lowest BCUT2D eigenvalue weighted by atomic mass is 9.90. The second-order valence-corrected chi connectivity index (χ2v) is 6.71. The molecule has 4 rings (SSSR count). The summed E-state index contributed by atoms with van der Waals surface area (Å²) in [5, 5.41) is 11.8. The molecular formula is C21H16FN3O4. The van der Waals surface area contributed by atoms with Crippen molar-refractivity contribution in [1.82, 2.24) is 0 Å². The first kappa shape index (κ1) is 18.5. The van der Waals surface area contributed by atoms with Crippen LogP contribution in [-0.2, 0) is 27.3 Å². The molecule has 0 spiro atoms. The molecule has 7 nitrogen and oxygen atoms in total. The number of allylic oxidation sites excluding steroid dienone is 1. The highest BCUT2D eigenvalue weighted by Gasteiger charge is 2.41. The Morgan fingerprint density at radius 3 is 2.76 bits per heavy atom. The summed E-state index contributed by atoms with van der Waals surface area (Å²) in [6.07, 6.45) is 2.86. The maximum Gasteiger partial charge on any atom is 0.307 e. The minimum absolute atomic E-state index is 0.156. The van der Waals surface area contributed by atoms with E-state index in [0.717, 1.165) is 0 Å². The zero-order valence-corrected chi connectivity index (χ0v) is 15.1. The van der Waals surface area contributed by atoms with Crippen LogP contribution < -0.4 is 10.2 Å². The topological polar surface area (TPSA) is 99.1 Å². The molecule has 0 aromatic heterocycles. The minimum Gasteiger partial charge on any atom is -0.481 e. The molecule has 0 radical (unpaired) electrons. The second-order valence-electron chi connectivity index (χ2n) is 6.71. The molecule has 0 aliphatic carbocycles. The van der Waals surface area contributed by atoms with Crippen molar-refractivity contribution in [2.24, 2.45) is 4.99 Å². The number of carboxylic acids is 1. The molecule has 1 atom stereocenters. The van der Waals surface area contributed by atoms with E-state index in [1.54, 1.807) is 35.2 Å². The Morgan fingerprint density at radius 2 is 2.03 bits per heavy atom. The van der Waals surface area contributed by atoms with Crippen LogP contribution >= 0.6 is 0 Å². The Kier molecular flexibility index (Phi) is 4.67. The molecule has 0 saturated heterocycles. The van der Waals surface area contributed by atoms with E-state index in [1.807, 2.05) is 0 Å². The van der Waals surface area contributed by atoms with Crippen molar-refractivity contribution in [2.75, 3.05) is 10.2 Å². The molecule has 1 unspecified atom stereocenters. The number of benzene rings is 2. The predicted molar refractivity (Wildman–Crippen MR) is 104 cm³/mol. The smallest absolute Gasteiger partial charge is 0.307 e. The number of Topliss-reactive ketones (excluding diaryl/α,β-unsaturated/α-hetero) is 1. The lowest BCUT2D eigenvalue weighted by molar-refractivity contribution is -0.136. The minimum atomic E-state index is -1.06. The summed E-state index contributed by atoms with van der Waals surface area (Å²) in [7, 11) is 0. The van der Waals surface area contributed by atoms with Crippen LogP contribution in [0.5, 0.6) is 0 Å². The number of hydrogen-bond donors (Lipinski definition) is 2. The number of nitrogens with zero attached hydrogens (tertiary/aromatic N) is 2. The van der Waals surface area contributed by atoms with Gasteiger partial charge in [-0.15, -0.1) is 0 Å². The van der Waals surface area contributed by atoms with Gasteiger partial charge < -0.3 is 15.3 Å². The van der Waals surface area contributed by atoms with Crippen molar-refractivity contribution in [3.05, 3.63) is 70.8 Å². The number of amides is 1. The number of hydrogen-bond acceptors (Lipinski definition) is 5. The largest absolute Gasteiger partial charge is 0.481 e. The van der Waals surface area contributed by atoms with Crippen LogP contribution in [0.3, 0.4) is 0 Å². The number of nitrogens with one attached hydrogen (secondary N) is 1. The number of aliphatic imine (C=N–C) groups is 1. The summed E-state index contributed by atoms with van der Waals surface area (Å²) >= 11 is 0. The van der Waals surface area contributed by atoms with Crippen LogP contribution in [0.15, 0.2) is 53.3 Å². The van der Waals surface area contributed by atoms with Gasteiger partial charge in [-0.25, -0.2) is 4.39 Å². The van der Waals surface area contributed by atoms with E-state index in [1.165, 1.54) is 18.5 Å². The summed E-state index contributed by atoms with van der Waals surface area (Å²) in [4.78, 5) is 40.9. The van der Waals surface area contributed by atoms with Gasteiger partial charge in [0.2, 0.25) is 6.41 Å². The van der Waals surface area contributed by atoms with E-state index < -0.39 is 11.9 Å². The van der Waals surface area contributed by atoms with Crippen LogP contribution in [0.2, 0.25) is 0 Å². The van der Waals surface area contributed by atoms with Crippen molar-refractivity contribution in [3.63, 3.8) is 0 Å². The third-order valence-electron chi connectivity index (χ3n) is 5.02. The van der Waals surface area contributed by atoms with Gasteiger partial charge in [-0.05, 0) is 17.7 Å². The van der Waals surface area contributed by atoms with E-state index in [9.17, 15) is 23.9 Å². The average molecular weight is 393 g/mol. The van der Waals surface area contributed by atoms with Crippen LogP contribution in [-0.4, -0.2) is 29.5 Å². The number of ketones is 1. The molecular weight excluding hydrogens is 377 g/mol. The number of halogens is 1. The third kappa shape index (κ3) is 3.18. The van der Waals surface area contributed by atoms with Crippen LogP contribution in [0, 0.1) is 5.82 Å². The summed E-state index contributed by atoms with van der Waals surface area (Å²) in [6, 6.07) is 9.61. The summed E-state index contributed by atoms with van der Waals surface area (Å²) in [5.41, 5.74) is 2.75. The summed E-state index contributed by atoms with van der Waals surface area (Å²) in [5.74, 6) is -2.48. The van der Waals surface area contributed by atoms with E-state index in [0.29, 0.717) is 34.5 Å². The summed E-state index contributed by atoms with van der Waals surface area (Å²) < 4.78 is 14.3. The third-order valence-corrected chi connectivity index (χ3v) is 5.02. The molecule has 2 aromatic carbocycles. The molecule has 29 heavy (non-hydrogen) atoms. The van der Waals surface area contributed by atoms with E-state index >= 15 is 0 Å². The first-order valence-electron chi connectivity index (χ1n) is 8.87. The molecule has 2 aliphatic rings. The fraction of sp³-hybridized carbons (Fsp3) is 0.143. The van der Waals surface area contributed by atoms with Gasteiger partial charge in [-0.2, -0.15) is 0 Å². The molecule has 2 N–H and O–H groups in total. The molecule has 8 heteroatoms. The van der Waals surface area contributed by atoms with Gasteiger partial charge in [-0.1, -0.05) is 24.3 Å². The molecule has 1 amide bonds. The maximum atomic E-state index is 14.3. The highest BCUT2D eigenvalue weighted by molar-refractivity contribution is 6.33. The molecule has 2 aliphatic heterocycles. The average Bonchev–Trinajstić information content (AvgIpc) is 3.00. The molecule has 0 bridgehead atoms. The standard InChI is InChI=1S/C21H16FN3O4/c22-14-4-2-1-3-13(14)10-25-15-6-5-12(7-18(28)29)21(24-11-26)20(15)19-16(25)8-23-9-17(19)27/h1-6,8-9,11,19H,7,10H2,(H,24,26)(H,28,29). The number of aliphatic carboxylic acids is 1. The second kappa shape index (κ2) is 7.31. The molecule has 2 heterocycles. The SMILES string of the molecule is O=CNc1c(CC(=O)O)ccc2c1C1C(=O)C=NC=C1N2Cc1ccccc1F. The number of carbonyl (C=O) groups excluding carboxylic acids is 2. The highest BCUT2D eigenvalue weighted by Crippen LogP contribution is 2.50. The van der Waals surface area contributed by atoms with Crippen molar-refractivity contribution < 1.29 is 23.9 Å². The Labute approximate surface area is 165 Å². The van der Waals surface area contributed by atoms with Crippen molar-refractivity contribution in [1.29, 1.82) is 0 Å². The van der Waals surface area contributed by atoms with Gasteiger partial charge in [-0.3, -0.25) is 19.4 Å². The first-order valence-corrected chi connectivity index (χ1v) is 8.87. The van der Waals surface area contributed by atoms with Crippen LogP contribution in [0.25, 0.3) is 0 Å². The number of carbonyl (C=O) groups is 3. The Bertz CT molecular complexity index is 1090. The van der Waals surface area contributed by atoms with E-state index in [-0.39, 0.29) is 30.3 Å². The first-order chi connectivity index (χ1) is 14.0. The lowest BCUT2D eigenvalue weighted by Crippen LogP contribution is -2.25. The Balaban J connectivity index is 1.89. The molecule has 0 fully saturated rings. The van der Waals surface area contributed by atoms with Gasteiger partial charge in [0.05, 0.1) is 36.5 Å². The van der Waals surface area contributed by atoms with Crippen LogP contribution in [0.4, 0.5) is 15.8 Å². The predicted octanol–water partition coefficient (Wildman–Crippen LogP) is 2.62. The van der Waals surface area contributed by atoms with Crippen molar-refractivity contribution in [3.8, 4) is 0 Å². The van der Waals surface area contributed by atoms with Gasteiger partial charge in [0, 0.05) is 23.0 Å². The Morgan fingerprint density at radius 1 is 1.24 bits per heavy atom. The zero-order valence-electron chi connectivity index (χ0n) is 15.1. The quantitative estimate of drug-likeness (QED) is 0.735. The monoisotopic (exact) mass is 393 g/mol.